The van der Waals surface area contributed by atoms with Gasteiger partial charge in [0.1, 0.15) is 11.8 Å². The van der Waals surface area contributed by atoms with Gasteiger partial charge in [0, 0.05) is 24.9 Å². The Morgan fingerprint density at radius 2 is 1.67 bits per heavy atom. The summed E-state index contributed by atoms with van der Waals surface area (Å²) < 4.78 is 12.7. The highest BCUT2D eigenvalue weighted by atomic mass is 16.5. The molecule has 39 heavy (non-hydrogen) atoms. The Labute approximate surface area is 230 Å². The summed E-state index contributed by atoms with van der Waals surface area (Å²) in [5.41, 5.74) is 4.83. The number of carbonyl (C=O) groups is 2. The molecule has 1 amide bonds. The van der Waals surface area contributed by atoms with Crippen molar-refractivity contribution in [2.24, 2.45) is 0 Å². The molecule has 1 N–H and O–H groups in total. The third-order valence-electron chi connectivity index (χ3n) is 7.94. The highest BCUT2D eigenvalue weighted by Crippen LogP contribution is 2.37. The second-order valence-corrected chi connectivity index (χ2v) is 10.5. The van der Waals surface area contributed by atoms with Crippen LogP contribution in [0.5, 0.6) is 5.75 Å². The smallest absolute Gasteiger partial charge is 0.326 e. The van der Waals surface area contributed by atoms with Gasteiger partial charge >= 0.3 is 5.97 Å². The van der Waals surface area contributed by atoms with Gasteiger partial charge in [0.25, 0.3) is 5.91 Å². The van der Waals surface area contributed by atoms with Gasteiger partial charge in [-0.2, -0.15) is 0 Å². The first-order chi connectivity index (χ1) is 19.0. The van der Waals surface area contributed by atoms with E-state index in [0.29, 0.717) is 6.61 Å². The van der Waals surface area contributed by atoms with Crippen LogP contribution in [0.15, 0.2) is 72.8 Å². The Bertz CT molecular complexity index is 1270. The van der Waals surface area contributed by atoms with Crippen LogP contribution in [0.3, 0.4) is 0 Å². The zero-order valence-electron chi connectivity index (χ0n) is 22.6. The lowest BCUT2D eigenvalue weighted by Gasteiger charge is -2.38. The molecule has 0 bridgehead atoms. The number of hydrogen-bond acceptors (Lipinski definition) is 4. The fourth-order valence-corrected chi connectivity index (χ4v) is 5.79. The van der Waals surface area contributed by atoms with Crippen molar-refractivity contribution in [2.45, 2.75) is 76.7 Å². The van der Waals surface area contributed by atoms with Crippen LogP contribution >= 0.6 is 0 Å². The SMILES string of the molecule is CCc1ccc2c(c1OCCc1ccccc1)CC(C(=O)O)N(C(=O)C(OC1CCCC1)c1ccccc1)C2. The van der Waals surface area contributed by atoms with Gasteiger partial charge < -0.3 is 19.5 Å². The number of nitrogens with zero attached hydrogens (tertiary/aromatic N) is 1. The molecule has 2 aliphatic rings. The largest absolute Gasteiger partial charge is 0.493 e. The topological polar surface area (TPSA) is 76.1 Å². The number of carbonyl (C=O) groups excluding carboxylic acids is 1. The van der Waals surface area contributed by atoms with Crippen LogP contribution < -0.4 is 4.74 Å². The molecule has 6 nitrogen and oxygen atoms in total. The molecule has 0 radical (unpaired) electrons. The summed E-state index contributed by atoms with van der Waals surface area (Å²) in [6.07, 6.45) is 4.94. The molecule has 3 aromatic carbocycles. The summed E-state index contributed by atoms with van der Waals surface area (Å²) in [5.74, 6) is -0.540. The Morgan fingerprint density at radius 1 is 0.974 bits per heavy atom. The maximum atomic E-state index is 14.1. The molecule has 6 heteroatoms. The van der Waals surface area contributed by atoms with Crippen LogP contribution in [-0.2, 0) is 40.1 Å². The first kappa shape index (κ1) is 26.9. The monoisotopic (exact) mass is 527 g/mol. The molecule has 0 aromatic heterocycles. The van der Waals surface area contributed by atoms with Gasteiger partial charge in [-0.05, 0) is 41.5 Å². The minimum atomic E-state index is -1.01. The van der Waals surface area contributed by atoms with Crippen molar-refractivity contribution < 1.29 is 24.2 Å². The number of fused-ring (bicyclic) bond motifs is 1. The van der Waals surface area contributed by atoms with Crippen molar-refractivity contribution in [1.29, 1.82) is 0 Å². The van der Waals surface area contributed by atoms with Crippen LogP contribution in [-0.4, -0.2) is 40.6 Å². The van der Waals surface area contributed by atoms with Gasteiger partial charge in [-0.3, -0.25) is 4.79 Å². The highest BCUT2D eigenvalue weighted by Gasteiger charge is 2.40. The van der Waals surface area contributed by atoms with Crippen molar-refractivity contribution >= 4 is 11.9 Å². The second-order valence-electron chi connectivity index (χ2n) is 10.5. The molecular formula is C33H37NO5. The summed E-state index contributed by atoms with van der Waals surface area (Å²) in [6.45, 7) is 2.78. The molecule has 3 aromatic rings. The minimum Gasteiger partial charge on any atom is -0.493 e. The van der Waals surface area contributed by atoms with Crippen molar-refractivity contribution in [2.75, 3.05) is 6.61 Å². The normalized spacial score (nSPS) is 18.0. The maximum absolute atomic E-state index is 14.1. The van der Waals surface area contributed by atoms with Gasteiger partial charge in [-0.15, -0.1) is 0 Å². The van der Waals surface area contributed by atoms with Crippen LogP contribution in [0.2, 0.25) is 0 Å². The van der Waals surface area contributed by atoms with Gasteiger partial charge in [-0.1, -0.05) is 92.6 Å². The Kier molecular flexibility index (Phi) is 8.62. The molecule has 2 unspecified atom stereocenters. The number of ether oxygens (including phenoxy) is 2. The summed E-state index contributed by atoms with van der Waals surface area (Å²) >= 11 is 0. The molecular weight excluding hydrogens is 490 g/mol. The van der Waals surface area contributed by atoms with Crippen LogP contribution in [0.1, 0.15) is 66.5 Å². The minimum absolute atomic E-state index is 0.0104. The number of benzene rings is 3. The molecule has 2 atom stereocenters. The zero-order valence-corrected chi connectivity index (χ0v) is 22.6. The number of amides is 1. The predicted octanol–water partition coefficient (Wildman–Crippen LogP) is 5.91. The number of carboxylic acid groups (broad SMARTS) is 1. The Morgan fingerprint density at radius 3 is 2.33 bits per heavy atom. The van der Waals surface area contributed by atoms with Crippen molar-refractivity contribution in [3.63, 3.8) is 0 Å². The highest BCUT2D eigenvalue weighted by molar-refractivity contribution is 5.88. The third kappa shape index (κ3) is 6.17. The average Bonchev–Trinajstić information content (AvgIpc) is 3.49. The summed E-state index contributed by atoms with van der Waals surface area (Å²) in [5, 5.41) is 10.3. The van der Waals surface area contributed by atoms with E-state index in [1.807, 2.05) is 60.7 Å². The number of carboxylic acids is 1. The predicted molar refractivity (Wildman–Crippen MR) is 150 cm³/mol. The van der Waals surface area contributed by atoms with E-state index in [9.17, 15) is 14.7 Å². The maximum Gasteiger partial charge on any atom is 0.326 e. The number of rotatable bonds is 10. The van der Waals surface area contributed by atoms with E-state index in [0.717, 1.165) is 66.5 Å². The molecule has 0 spiro atoms. The molecule has 5 rings (SSSR count). The van der Waals surface area contributed by atoms with Crippen molar-refractivity contribution in [3.05, 3.63) is 101 Å². The standard InChI is InChI=1S/C33H37NO5/c1-2-24-17-18-26-22-34(32(35)31(25-13-7-4-8-14-25)39-27-15-9-10-16-27)29(33(36)37)21-28(26)30(24)38-20-19-23-11-5-3-6-12-23/h3-8,11-14,17-18,27,29,31H,2,9-10,15-16,19-22H2,1H3,(H,36,37). The lowest BCUT2D eigenvalue weighted by atomic mass is 9.89. The number of aliphatic carboxylic acids is 1. The lowest BCUT2D eigenvalue weighted by molar-refractivity contribution is -0.160. The molecule has 1 saturated carbocycles. The lowest BCUT2D eigenvalue weighted by Crippen LogP contribution is -2.51. The van der Waals surface area contributed by atoms with E-state index in [-0.39, 0.29) is 25.0 Å². The summed E-state index contributed by atoms with van der Waals surface area (Å²) in [7, 11) is 0. The van der Waals surface area contributed by atoms with Crippen molar-refractivity contribution in [3.8, 4) is 5.75 Å². The van der Waals surface area contributed by atoms with Crippen LogP contribution in [0.4, 0.5) is 0 Å². The quantitative estimate of drug-likeness (QED) is 0.355. The van der Waals surface area contributed by atoms with E-state index in [4.69, 9.17) is 9.47 Å². The first-order valence-electron chi connectivity index (χ1n) is 14.1. The first-order valence-corrected chi connectivity index (χ1v) is 14.1. The van der Waals surface area contributed by atoms with Crippen molar-refractivity contribution in [1.82, 2.24) is 4.90 Å². The Balaban J connectivity index is 1.42. The fraction of sp³-hybridized carbons (Fsp3) is 0.394. The van der Waals surface area contributed by atoms with E-state index in [1.54, 1.807) is 0 Å². The Hall–Kier alpha value is -3.64. The van der Waals surface area contributed by atoms with Gasteiger partial charge in [-0.25, -0.2) is 4.79 Å². The van der Waals surface area contributed by atoms with E-state index >= 15 is 0 Å². The number of hydrogen-bond donors (Lipinski definition) is 1. The average molecular weight is 528 g/mol. The molecule has 1 heterocycles. The van der Waals surface area contributed by atoms with E-state index in [2.05, 4.69) is 19.1 Å². The summed E-state index contributed by atoms with van der Waals surface area (Å²) in [4.78, 5) is 28.1. The third-order valence-corrected chi connectivity index (χ3v) is 7.94. The molecule has 1 aliphatic heterocycles. The van der Waals surface area contributed by atoms with Gasteiger partial charge in [0.15, 0.2) is 6.10 Å². The molecule has 1 aliphatic carbocycles. The molecule has 204 valence electrons. The van der Waals surface area contributed by atoms with E-state index in [1.165, 1.54) is 10.5 Å². The van der Waals surface area contributed by atoms with E-state index < -0.39 is 18.1 Å². The molecule has 0 saturated heterocycles. The van der Waals surface area contributed by atoms with Crippen LogP contribution in [0.25, 0.3) is 0 Å². The van der Waals surface area contributed by atoms with Gasteiger partial charge in [0.2, 0.25) is 0 Å². The summed E-state index contributed by atoms with van der Waals surface area (Å²) in [6, 6.07) is 22.7. The van der Waals surface area contributed by atoms with Gasteiger partial charge in [0.05, 0.1) is 12.7 Å². The second kappa shape index (κ2) is 12.5. The van der Waals surface area contributed by atoms with Crippen LogP contribution in [0, 0.1) is 0 Å². The number of aryl methyl sites for hydroxylation is 1. The fourth-order valence-electron chi connectivity index (χ4n) is 5.79. The zero-order chi connectivity index (χ0) is 27.2. The molecule has 1 fully saturated rings.